The van der Waals surface area contributed by atoms with Crippen LogP contribution in [0.5, 0.6) is 0 Å². The fourth-order valence-corrected chi connectivity index (χ4v) is 3.11. The van der Waals surface area contributed by atoms with Crippen molar-refractivity contribution >= 4 is 12.4 Å². The third-order valence-corrected chi connectivity index (χ3v) is 4.17. The molecular weight excluding hydrogens is 250 g/mol. The molecule has 1 unspecified atom stereocenters. The fourth-order valence-electron chi connectivity index (χ4n) is 3.11. The predicted octanol–water partition coefficient (Wildman–Crippen LogP) is 0.975. The molecule has 2 rings (SSSR count). The summed E-state index contributed by atoms with van der Waals surface area (Å²) < 4.78 is 5.35. The zero-order chi connectivity index (χ0) is 12.1. The number of ether oxygens (including phenoxy) is 1. The minimum absolute atomic E-state index is 0. The van der Waals surface area contributed by atoms with Gasteiger partial charge in [-0.3, -0.25) is 4.90 Å². The smallest absolute Gasteiger partial charge is 0.0594 e. The minimum Gasteiger partial charge on any atom is -0.379 e. The minimum atomic E-state index is 0. The van der Waals surface area contributed by atoms with Crippen molar-refractivity contribution in [3.05, 3.63) is 0 Å². The third-order valence-electron chi connectivity index (χ3n) is 4.17. The molecule has 4 N–H and O–H groups in total. The van der Waals surface area contributed by atoms with Gasteiger partial charge in [-0.05, 0) is 25.2 Å². The maximum atomic E-state index is 6.26. The Morgan fingerprint density at radius 3 is 2.50 bits per heavy atom. The lowest BCUT2D eigenvalue weighted by Gasteiger charge is -2.33. The molecule has 2 aliphatic rings. The zero-order valence-electron chi connectivity index (χ0n) is 11.2. The first-order valence-electron chi connectivity index (χ1n) is 7.07. The number of morpholine rings is 1. The van der Waals surface area contributed by atoms with Crippen LogP contribution in [0.1, 0.15) is 32.1 Å². The second-order valence-corrected chi connectivity index (χ2v) is 5.62. The van der Waals surface area contributed by atoms with Gasteiger partial charge in [0.15, 0.2) is 0 Å². The molecule has 2 fully saturated rings. The highest BCUT2D eigenvalue weighted by Gasteiger charge is 2.24. The van der Waals surface area contributed by atoms with Gasteiger partial charge in [-0.2, -0.15) is 0 Å². The Labute approximate surface area is 117 Å². The fraction of sp³-hybridized carbons (Fsp3) is 1.00. The first kappa shape index (κ1) is 16.2. The molecule has 1 aliphatic carbocycles. The monoisotopic (exact) mass is 277 g/mol. The predicted molar refractivity (Wildman–Crippen MR) is 77.0 cm³/mol. The molecule has 0 aromatic rings. The lowest BCUT2D eigenvalue weighted by Crippen LogP contribution is -2.46. The summed E-state index contributed by atoms with van der Waals surface area (Å²) >= 11 is 0. The van der Waals surface area contributed by atoms with Gasteiger partial charge in [-0.15, -0.1) is 12.4 Å². The molecule has 1 heterocycles. The van der Waals surface area contributed by atoms with Crippen molar-refractivity contribution in [3.63, 3.8) is 0 Å². The number of nitrogens with zero attached hydrogens (tertiary/aromatic N) is 1. The van der Waals surface area contributed by atoms with Crippen LogP contribution in [0.25, 0.3) is 0 Å². The highest BCUT2D eigenvalue weighted by atomic mass is 35.5. The van der Waals surface area contributed by atoms with Crippen LogP contribution in [0.4, 0.5) is 0 Å². The third kappa shape index (κ3) is 5.02. The van der Waals surface area contributed by atoms with E-state index < -0.39 is 0 Å². The second-order valence-electron chi connectivity index (χ2n) is 5.62. The van der Waals surface area contributed by atoms with E-state index in [1.54, 1.807) is 0 Å². The molecule has 5 heteroatoms. The Hall–Kier alpha value is 0.130. The van der Waals surface area contributed by atoms with E-state index in [9.17, 15) is 0 Å². The van der Waals surface area contributed by atoms with Gasteiger partial charge in [-0.25, -0.2) is 0 Å². The van der Waals surface area contributed by atoms with Crippen LogP contribution in [0.3, 0.4) is 0 Å². The summed E-state index contributed by atoms with van der Waals surface area (Å²) in [5.74, 6) is 0.653. The lowest BCUT2D eigenvalue weighted by molar-refractivity contribution is 0.0338. The summed E-state index contributed by atoms with van der Waals surface area (Å²) in [6, 6.07) is 0.668. The van der Waals surface area contributed by atoms with Crippen molar-refractivity contribution in [1.29, 1.82) is 0 Å². The topological polar surface area (TPSA) is 64.5 Å². The number of hydrogen-bond donors (Lipinski definition) is 2. The Balaban J connectivity index is 0.00000162. The van der Waals surface area contributed by atoms with Crippen molar-refractivity contribution < 1.29 is 4.74 Å². The van der Waals surface area contributed by atoms with Crippen molar-refractivity contribution in [2.45, 2.75) is 44.2 Å². The number of halogens is 1. The number of rotatable bonds is 4. The average molecular weight is 278 g/mol. The van der Waals surface area contributed by atoms with Gasteiger partial charge >= 0.3 is 0 Å². The van der Waals surface area contributed by atoms with Crippen molar-refractivity contribution in [1.82, 2.24) is 4.90 Å². The van der Waals surface area contributed by atoms with E-state index in [1.165, 1.54) is 25.7 Å². The average Bonchev–Trinajstić information content (AvgIpc) is 2.33. The molecule has 0 spiro atoms. The van der Waals surface area contributed by atoms with Gasteiger partial charge in [0.05, 0.1) is 13.2 Å². The molecule has 0 radical (unpaired) electrons. The van der Waals surface area contributed by atoms with Crippen LogP contribution in [0, 0.1) is 5.92 Å². The van der Waals surface area contributed by atoms with E-state index in [0.29, 0.717) is 12.0 Å². The van der Waals surface area contributed by atoms with E-state index in [4.69, 9.17) is 16.2 Å². The quantitative estimate of drug-likeness (QED) is 0.804. The van der Waals surface area contributed by atoms with E-state index in [1.807, 2.05) is 0 Å². The molecule has 4 nitrogen and oxygen atoms in total. The van der Waals surface area contributed by atoms with E-state index >= 15 is 0 Å². The molecule has 0 aromatic heterocycles. The van der Waals surface area contributed by atoms with Gasteiger partial charge in [-0.1, -0.05) is 12.8 Å². The molecule has 108 valence electrons. The molecule has 0 aromatic carbocycles. The van der Waals surface area contributed by atoms with Gasteiger partial charge in [0, 0.05) is 31.7 Å². The largest absolute Gasteiger partial charge is 0.379 e. The summed E-state index contributed by atoms with van der Waals surface area (Å²) in [6.07, 6.45) is 6.20. The van der Waals surface area contributed by atoms with Gasteiger partial charge in [0.2, 0.25) is 0 Å². The Bertz CT molecular complexity index is 224. The molecule has 1 saturated heterocycles. The van der Waals surface area contributed by atoms with Crippen LogP contribution in [-0.2, 0) is 4.74 Å². The molecule has 18 heavy (non-hydrogen) atoms. The van der Waals surface area contributed by atoms with Crippen LogP contribution >= 0.6 is 12.4 Å². The molecule has 0 amide bonds. The highest BCUT2D eigenvalue weighted by molar-refractivity contribution is 5.85. The molecule has 1 aliphatic heterocycles. The van der Waals surface area contributed by atoms with Crippen LogP contribution in [-0.4, -0.2) is 49.8 Å². The maximum absolute atomic E-state index is 6.26. The molecule has 1 saturated carbocycles. The first-order valence-corrected chi connectivity index (χ1v) is 7.07. The summed E-state index contributed by atoms with van der Waals surface area (Å²) in [5.41, 5.74) is 12.4. The highest BCUT2D eigenvalue weighted by Crippen LogP contribution is 2.26. The van der Waals surface area contributed by atoms with Crippen molar-refractivity contribution in [3.8, 4) is 0 Å². The van der Waals surface area contributed by atoms with Gasteiger partial charge in [0.25, 0.3) is 0 Å². The van der Waals surface area contributed by atoms with E-state index in [0.717, 1.165) is 39.3 Å². The SMILES string of the molecule is Cl.NC(C[C@@H]1CCCC[C@@H]1N)CN1CCOCC1. The molecule has 0 bridgehead atoms. The van der Waals surface area contributed by atoms with Crippen LogP contribution in [0.15, 0.2) is 0 Å². The summed E-state index contributed by atoms with van der Waals surface area (Å²) in [6.45, 7) is 4.78. The van der Waals surface area contributed by atoms with E-state index in [2.05, 4.69) is 4.90 Å². The van der Waals surface area contributed by atoms with Gasteiger partial charge in [0.1, 0.15) is 0 Å². The summed E-state index contributed by atoms with van der Waals surface area (Å²) in [5, 5.41) is 0. The first-order chi connectivity index (χ1) is 8.25. The zero-order valence-corrected chi connectivity index (χ0v) is 12.0. The van der Waals surface area contributed by atoms with E-state index in [-0.39, 0.29) is 18.4 Å². The number of hydrogen-bond acceptors (Lipinski definition) is 4. The lowest BCUT2D eigenvalue weighted by atomic mass is 9.81. The van der Waals surface area contributed by atoms with Crippen LogP contribution < -0.4 is 11.5 Å². The Morgan fingerprint density at radius 1 is 1.17 bits per heavy atom. The summed E-state index contributed by atoms with van der Waals surface area (Å²) in [4.78, 5) is 2.42. The van der Waals surface area contributed by atoms with Gasteiger partial charge < -0.3 is 16.2 Å². The van der Waals surface area contributed by atoms with Crippen LogP contribution in [0.2, 0.25) is 0 Å². The Morgan fingerprint density at radius 2 is 1.83 bits per heavy atom. The summed E-state index contributed by atoms with van der Waals surface area (Å²) in [7, 11) is 0. The molecular formula is C13H28ClN3O. The normalized spacial score (nSPS) is 31.7. The maximum Gasteiger partial charge on any atom is 0.0594 e. The number of nitrogens with two attached hydrogens (primary N) is 2. The molecule has 3 atom stereocenters. The second kappa shape index (κ2) is 8.33. The Kier molecular flexibility index (Phi) is 7.49. The standard InChI is InChI=1S/C13H27N3O.ClH/c14-12(10-16-5-7-17-8-6-16)9-11-3-1-2-4-13(11)15;/h11-13H,1-10,14-15H2;1H/t11-,12?,13-;/m0./s1. The van der Waals surface area contributed by atoms with Crippen molar-refractivity contribution in [2.75, 3.05) is 32.8 Å². The van der Waals surface area contributed by atoms with Crippen molar-refractivity contribution in [2.24, 2.45) is 17.4 Å².